The molecule has 1 unspecified atom stereocenters. The van der Waals surface area contributed by atoms with Crippen molar-refractivity contribution < 1.29 is 9.47 Å². The third kappa shape index (κ3) is 3.65. The normalized spacial score (nSPS) is 20.0. The van der Waals surface area contributed by atoms with Crippen LogP contribution in [0.2, 0.25) is 0 Å². The summed E-state index contributed by atoms with van der Waals surface area (Å²) in [6, 6.07) is 16.7. The van der Waals surface area contributed by atoms with Crippen LogP contribution in [0.3, 0.4) is 0 Å². The lowest BCUT2D eigenvalue weighted by Crippen LogP contribution is -2.23. The maximum absolute atomic E-state index is 6.28. The van der Waals surface area contributed by atoms with Crippen molar-refractivity contribution in [1.29, 1.82) is 0 Å². The fourth-order valence-corrected chi connectivity index (χ4v) is 6.15. The quantitative estimate of drug-likeness (QED) is 0.692. The minimum absolute atomic E-state index is 0.237. The first-order valence-corrected chi connectivity index (χ1v) is 9.76. The lowest BCUT2D eigenvalue weighted by molar-refractivity contribution is 0.296. The predicted octanol–water partition coefficient (Wildman–Crippen LogP) is 5.42. The van der Waals surface area contributed by atoms with E-state index in [-0.39, 0.29) is 18.9 Å². The van der Waals surface area contributed by atoms with Gasteiger partial charge in [-0.05, 0) is 36.8 Å². The number of para-hydroxylation sites is 1. The average Bonchev–Trinajstić information content (AvgIpc) is 2.94. The van der Waals surface area contributed by atoms with E-state index < -0.39 is 0 Å². The van der Waals surface area contributed by atoms with Gasteiger partial charge in [-0.2, -0.15) is 0 Å². The van der Waals surface area contributed by atoms with Crippen LogP contribution >= 0.6 is 7.92 Å². The third-order valence-electron chi connectivity index (χ3n) is 4.16. The third-order valence-corrected chi connectivity index (χ3v) is 7.39. The summed E-state index contributed by atoms with van der Waals surface area (Å²) in [4.78, 5) is 0. The Bertz CT molecular complexity index is 713. The number of benzene rings is 2. The number of hydrogen-bond acceptors (Lipinski definition) is 2. The Balaban J connectivity index is 1.73. The maximum Gasteiger partial charge on any atom is 0.128 e. The molecule has 0 amide bonds. The molecule has 0 radical (unpaired) electrons. The second-order valence-electron chi connectivity index (χ2n) is 6.99. The second-order valence-corrected chi connectivity index (χ2v) is 10.1. The Morgan fingerprint density at radius 3 is 2.46 bits per heavy atom. The monoisotopic (exact) mass is 340 g/mol. The summed E-state index contributed by atoms with van der Waals surface area (Å²) < 4.78 is 11.5. The standard InChI is InChI=1S/C21H25O2P/c1-21(2,3)24-19-10-6-5-9-18(19)23-20(24)11-7-8-16-12-14-17(22-4)15-13-16/h5-10,12-15,20H,11H2,1-4H3/b8-7+/t20-,24?/m1/s1. The molecule has 0 fully saturated rings. The molecule has 0 saturated carbocycles. The first-order chi connectivity index (χ1) is 11.5. The molecule has 2 aromatic rings. The van der Waals surface area contributed by atoms with Crippen LogP contribution in [0.1, 0.15) is 32.8 Å². The first-order valence-electron chi connectivity index (χ1n) is 8.34. The minimum atomic E-state index is -0.347. The fourth-order valence-electron chi connectivity index (χ4n) is 3.09. The summed E-state index contributed by atoms with van der Waals surface area (Å²) >= 11 is 0. The SMILES string of the molecule is COc1ccc(/C=C/C[C@@H]2Oc3ccccc3P2C(C)(C)C)cc1. The molecule has 1 aliphatic heterocycles. The molecule has 126 valence electrons. The van der Waals surface area contributed by atoms with E-state index >= 15 is 0 Å². The topological polar surface area (TPSA) is 18.5 Å². The summed E-state index contributed by atoms with van der Waals surface area (Å²) in [5.74, 6) is 2.21. The van der Waals surface area contributed by atoms with Gasteiger partial charge in [-0.25, -0.2) is 0 Å². The van der Waals surface area contributed by atoms with Crippen LogP contribution in [0.4, 0.5) is 0 Å². The van der Waals surface area contributed by atoms with Gasteiger partial charge in [0.15, 0.2) is 0 Å². The van der Waals surface area contributed by atoms with Crippen LogP contribution in [-0.2, 0) is 0 Å². The summed E-state index contributed by atoms with van der Waals surface area (Å²) in [6.45, 7) is 6.97. The largest absolute Gasteiger partial charge is 0.497 e. The average molecular weight is 340 g/mol. The van der Waals surface area contributed by atoms with Crippen LogP contribution in [0, 0.1) is 0 Å². The van der Waals surface area contributed by atoms with Crippen molar-refractivity contribution in [3.63, 3.8) is 0 Å². The van der Waals surface area contributed by atoms with Crippen LogP contribution in [0.5, 0.6) is 11.5 Å². The number of hydrogen-bond donors (Lipinski definition) is 0. The van der Waals surface area contributed by atoms with Gasteiger partial charge in [-0.1, -0.05) is 63.3 Å². The van der Waals surface area contributed by atoms with Gasteiger partial charge >= 0.3 is 0 Å². The molecular weight excluding hydrogens is 315 g/mol. The summed E-state index contributed by atoms with van der Waals surface area (Å²) in [5.41, 5.74) is 1.19. The molecule has 24 heavy (non-hydrogen) atoms. The highest BCUT2D eigenvalue weighted by Gasteiger charge is 2.40. The van der Waals surface area contributed by atoms with Gasteiger partial charge < -0.3 is 9.47 Å². The molecule has 0 saturated heterocycles. The Kier molecular flexibility index (Phi) is 4.96. The maximum atomic E-state index is 6.28. The smallest absolute Gasteiger partial charge is 0.128 e. The second kappa shape index (κ2) is 6.99. The van der Waals surface area contributed by atoms with E-state index in [0.29, 0.717) is 0 Å². The van der Waals surface area contributed by atoms with E-state index in [4.69, 9.17) is 9.47 Å². The molecule has 2 aromatic carbocycles. The van der Waals surface area contributed by atoms with Crippen LogP contribution < -0.4 is 14.8 Å². The highest BCUT2D eigenvalue weighted by Crippen LogP contribution is 2.59. The number of rotatable bonds is 4. The van der Waals surface area contributed by atoms with Crippen molar-refractivity contribution in [2.24, 2.45) is 0 Å². The number of ether oxygens (including phenoxy) is 2. The van der Waals surface area contributed by atoms with Gasteiger partial charge in [0.1, 0.15) is 17.3 Å². The molecule has 0 aliphatic carbocycles. The highest BCUT2D eigenvalue weighted by molar-refractivity contribution is 7.68. The van der Waals surface area contributed by atoms with Gasteiger partial charge in [-0.15, -0.1) is 0 Å². The van der Waals surface area contributed by atoms with Gasteiger partial charge in [0, 0.05) is 11.7 Å². The van der Waals surface area contributed by atoms with E-state index in [0.717, 1.165) is 17.9 Å². The zero-order valence-corrected chi connectivity index (χ0v) is 15.7. The lowest BCUT2D eigenvalue weighted by Gasteiger charge is -2.31. The molecule has 0 aromatic heterocycles. The molecule has 1 heterocycles. The fraction of sp³-hybridized carbons (Fsp3) is 0.333. The molecule has 3 heteroatoms. The van der Waals surface area contributed by atoms with E-state index in [1.165, 1.54) is 10.9 Å². The molecule has 0 N–H and O–H groups in total. The van der Waals surface area contributed by atoms with E-state index in [9.17, 15) is 0 Å². The van der Waals surface area contributed by atoms with Crippen molar-refractivity contribution in [2.75, 3.05) is 7.11 Å². The molecule has 2 nitrogen and oxygen atoms in total. The summed E-state index contributed by atoms with van der Waals surface area (Å²) in [7, 11) is 1.34. The van der Waals surface area contributed by atoms with Crippen molar-refractivity contribution >= 4 is 19.3 Å². The number of fused-ring (bicyclic) bond motifs is 1. The van der Waals surface area contributed by atoms with Gasteiger partial charge in [0.25, 0.3) is 0 Å². The predicted molar refractivity (Wildman–Crippen MR) is 104 cm³/mol. The van der Waals surface area contributed by atoms with E-state index in [1.807, 2.05) is 12.1 Å². The van der Waals surface area contributed by atoms with Crippen LogP contribution in [0.15, 0.2) is 54.6 Å². The van der Waals surface area contributed by atoms with Crippen LogP contribution in [0.25, 0.3) is 6.08 Å². The molecule has 3 rings (SSSR count). The summed E-state index contributed by atoms with van der Waals surface area (Å²) in [5, 5.41) is 1.64. The Hall–Kier alpha value is -1.79. The molecular formula is C21H25O2P. The van der Waals surface area contributed by atoms with Crippen LogP contribution in [-0.4, -0.2) is 18.1 Å². The highest BCUT2D eigenvalue weighted by atomic mass is 31.1. The molecule has 0 bridgehead atoms. The number of methoxy groups -OCH3 is 1. The van der Waals surface area contributed by atoms with Crippen molar-refractivity contribution in [3.05, 3.63) is 60.2 Å². The minimum Gasteiger partial charge on any atom is -0.497 e. The Morgan fingerprint density at radius 1 is 1.08 bits per heavy atom. The zero-order valence-electron chi connectivity index (χ0n) is 14.8. The van der Waals surface area contributed by atoms with E-state index in [1.54, 1.807) is 7.11 Å². The lowest BCUT2D eigenvalue weighted by atomic mass is 10.2. The van der Waals surface area contributed by atoms with Gasteiger partial charge in [-0.3, -0.25) is 0 Å². The molecule has 0 spiro atoms. The van der Waals surface area contributed by atoms with Crippen molar-refractivity contribution in [2.45, 2.75) is 38.2 Å². The Labute approximate surface area is 146 Å². The van der Waals surface area contributed by atoms with Crippen molar-refractivity contribution in [3.8, 4) is 11.5 Å². The molecule has 1 aliphatic rings. The van der Waals surface area contributed by atoms with Gasteiger partial charge in [0.2, 0.25) is 0 Å². The van der Waals surface area contributed by atoms with Crippen molar-refractivity contribution in [1.82, 2.24) is 0 Å². The first kappa shape index (κ1) is 17.0. The van der Waals surface area contributed by atoms with E-state index in [2.05, 4.69) is 69.3 Å². The zero-order chi connectivity index (χ0) is 17.2. The molecule has 2 atom stereocenters. The Morgan fingerprint density at radius 2 is 1.79 bits per heavy atom. The van der Waals surface area contributed by atoms with Gasteiger partial charge in [0.05, 0.1) is 7.11 Å². The summed E-state index contributed by atoms with van der Waals surface area (Å²) in [6.07, 6.45) is 5.34.